The van der Waals surface area contributed by atoms with E-state index in [1.54, 1.807) is 19.2 Å². The number of esters is 1. The van der Waals surface area contributed by atoms with Crippen molar-refractivity contribution in [3.63, 3.8) is 0 Å². The molecule has 0 radical (unpaired) electrons. The van der Waals surface area contributed by atoms with Gasteiger partial charge in [-0.3, -0.25) is 9.88 Å². The van der Waals surface area contributed by atoms with Gasteiger partial charge in [0.1, 0.15) is 0 Å². The lowest BCUT2D eigenvalue weighted by Gasteiger charge is -2.20. The molecule has 1 aromatic heterocycles. The van der Waals surface area contributed by atoms with Crippen molar-refractivity contribution in [1.29, 1.82) is 0 Å². The van der Waals surface area contributed by atoms with E-state index < -0.39 is 5.97 Å². The summed E-state index contributed by atoms with van der Waals surface area (Å²) in [6, 6.07) is 3.46. The lowest BCUT2D eigenvalue weighted by atomic mass is 10.2. The molecule has 1 N–H and O–H groups in total. The predicted molar refractivity (Wildman–Crippen MR) is 69.8 cm³/mol. The van der Waals surface area contributed by atoms with E-state index in [0.717, 1.165) is 12.2 Å². The first-order valence-electron chi connectivity index (χ1n) is 6.06. The Balaban J connectivity index is 2.60. The van der Waals surface area contributed by atoms with Gasteiger partial charge in [-0.2, -0.15) is 0 Å². The highest BCUT2D eigenvalue weighted by atomic mass is 16.5. The van der Waals surface area contributed by atoms with Crippen molar-refractivity contribution in [3.8, 4) is 0 Å². The molecule has 0 atom stereocenters. The van der Waals surface area contributed by atoms with Gasteiger partial charge in [0.05, 0.1) is 31.6 Å². The van der Waals surface area contributed by atoms with Crippen LogP contribution in [-0.2, 0) is 16.0 Å². The third-order valence-corrected chi connectivity index (χ3v) is 2.66. The molecule has 19 heavy (non-hydrogen) atoms. The molecule has 0 saturated heterocycles. The first kappa shape index (κ1) is 15.6. The van der Waals surface area contributed by atoms with Crippen LogP contribution < -0.4 is 0 Å². The Morgan fingerprint density at radius 2 is 2.16 bits per heavy atom. The number of pyridine rings is 1. The minimum absolute atomic E-state index is 0.0873. The highest BCUT2D eigenvalue weighted by Crippen LogP contribution is 2.05. The van der Waals surface area contributed by atoms with Crippen LogP contribution in [0.1, 0.15) is 16.1 Å². The van der Waals surface area contributed by atoms with E-state index in [-0.39, 0.29) is 6.61 Å². The average Bonchev–Trinajstić information content (AvgIpc) is 2.45. The smallest absolute Gasteiger partial charge is 0.339 e. The minimum Gasteiger partial charge on any atom is -0.465 e. The zero-order chi connectivity index (χ0) is 14.1. The fourth-order valence-corrected chi connectivity index (χ4v) is 1.62. The molecule has 0 amide bonds. The Bertz CT molecular complexity index is 381. The molecule has 0 aliphatic heterocycles. The molecule has 0 spiro atoms. The van der Waals surface area contributed by atoms with Crippen LogP contribution in [0.5, 0.6) is 0 Å². The van der Waals surface area contributed by atoms with Gasteiger partial charge >= 0.3 is 5.97 Å². The normalized spacial score (nSPS) is 10.7. The molecule has 0 bridgehead atoms. The highest BCUT2D eigenvalue weighted by molar-refractivity contribution is 5.88. The monoisotopic (exact) mass is 268 g/mol. The summed E-state index contributed by atoms with van der Waals surface area (Å²) in [7, 11) is 2.98. The van der Waals surface area contributed by atoms with Gasteiger partial charge in [-0.05, 0) is 12.1 Å². The van der Waals surface area contributed by atoms with Crippen molar-refractivity contribution in [2.24, 2.45) is 0 Å². The summed E-state index contributed by atoms with van der Waals surface area (Å²) in [6.07, 6.45) is 1.49. The van der Waals surface area contributed by atoms with Crippen LogP contribution in [0.15, 0.2) is 18.3 Å². The number of methoxy groups -OCH3 is 2. The number of aliphatic hydroxyl groups is 1. The standard InChI is InChI=1S/C13H20N2O4/c1-18-8-6-15(5-7-16)10-12-4-3-11(9-14-12)13(17)19-2/h3-4,9,16H,5-8,10H2,1-2H3. The zero-order valence-corrected chi connectivity index (χ0v) is 11.3. The molecule has 0 aliphatic carbocycles. The zero-order valence-electron chi connectivity index (χ0n) is 11.3. The number of rotatable bonds is 8. The first-order valence-corrected chi connectivity index (χ1v) is 6.06. The van der Waals surface area contributed by atoms with Crippen LogP contribution in [0.2, 0.25) is 0 Å². The SMILES string of the molecule is COCCN(CCO)Cc1ccc(C(=O)OC)cn1. The Morgan fingerprint density at radius 3 is 2.68 bits per heavy atom. The number of carbonyl (C=O) groups excluding carboxylic acids is 1. The van der Waals surface area contributed by atoms with E-state index in [0.29, 0.717) is 25.3 Å². The molecule has 6 heteroatoms. The van der Waals surface area contributed by atoms with Crippen molar-refractivity contribution < 1.29 is 19.4 Å². The topological polar surface area (TPSA) is 71.9 Å². The molecule has 6 nitrogen and oxygen atoms in total. The quantitative estimate of drug-likeness (QED) is 0.684. The summed E-state index contributed by atoms with van der Waals surface area (Å²) in [5, 5.41) is 9.00. The van der Waals surface area contributed by atoms with Crippen LogP contribution in [0.4, 0.5) is 0 Å². The molecule has 0 saturated carbocycles. The Labute approximate surface area is 113 Å². The summed E-state index contributed by atoms with van der Waals surface area (Å²) in [6.45, 7) is 2.57. The maximum absolute atomic E-state index is 11.3. The average molecular weight is 268 g/mol. The summed E-state index contributed by atoms with van der Waals surface area (Å²) in [5.41, 5.74) is 1.26. The predicted octanol–water partition coefficient (Wildman–Crippen LogP) is 0.309. The van der Waals surface area contributed by atoms with Crippen molar-refractivity contribution in [1.82, 2.24) is 9.88 Å². The second-order valence-electron chi connectivity index (χ2n) is 4.02. The molecule has 0 unspecified atom stereocenters. The van der Waals surface area contributed by atoms with Crippen LogP contribution in [-0.4, -0.2) is 61.5 Å². The molecule has 106 valence electrons. The van der Waals surface area contributed by atoms with E-state index >= 15 is 0 Å². The number of hydrogen-bond donors (Lipinski definition) is 1. The maximum Gasteiger partial charge on any atom is 0.339 e. The maximum atomic E-state index is 11.3. The van der Waals surface area contributed by atoms with E-state index in [2.05, 4.69) is 9.72 Å². The van der Waals surface area contributed by atoms with Crippen LogP contribution in [0, 0.1) is 0 Å². The molecule has 1 aromatic rings. The molecule has 0 aromatic carbocycles. The van der Waals surface area contributed by atoms with Gasteiger partial charge in [-0.15, -0.1) is 0 Å². The third kappa shape index (κ3) is 5.34. The van der Waals surface area contributed by atoms with E-state index in [1.807, 2.05) is 4.90 Å². The Morgan fingerprint density at radius 1 is 1.37 bits per heavy atom. The fourth-order valence-electron chi connectivity index (χ4n) is 1.62. The summed E-state index contributed by atoms with van der Waals surface area (Å²) in [5.74, 6) is -0.398. The lowest BCUT2D eigenvalue weighted by Crippen LogP contribution is -2.30. The number of carbonyl (C=O) groups is 1. The van der Waals surface area contributed by atoms with Gasteiger partial charge in [-0.25, -0.2) is 4.79 Å². The van der Waals surface area contributed by atoms with Gasteiger partial charge in [0.2, 0.25) is 0 Å². The van der Waals surface area contributed by atoms with Gasteiger partial charge in [0.25, 0.3) is 0 Å². The van der Waals surface area contributed by atoms with Gasteiger partial charge in [0, 0.05) is 32.9 Å². The number of hydrogen-bond acceptors (Lipinski definition) is 6. The summed E-state index contributed by atoms with van der Waals surface area (Å²) < 4.78 is 9.63. The number of nitrogens with zero attached hydrogens (tertiary/aromatic N) is 2. The largest absolute Gasteiger partial charge is 0.465 e. The van der Waals surface area contributed by atoms with Crippen molar-refractivity contribution in [3.05, 3.63) is 29.6 Å². The van der Waals surface area contributed by atoms with Crippen molar-refractivity contribution >= 4 is 5.97 Å². The molecule has 0 fully saturated rings. The highest BCUT2D eigenvalue weighted by Gasteiger charge is 2.08. The van der Waals surface area contributed by atoms with Gasteiger partial charge in [-0.1, -0.05) is 0 Å². The van der Waals surface area contributed by atoms with Crippen molar-refractivity contribution in [2.75, 3.05) is 40.5 Å². The number of aliphatic hydroxyl groups excluding tert-OH is 1. The second kappa shape index (κ2) is 8.58. The number of ether oxygens (including phenoxy) is 2. The Hall–Kier alpha value is -1.50. The Kier molecular flexibility index (Phi) is 7.02. The molecule has 0 aliphatic rings. The summed E-state index contributed by atoms with van der Waals surface area (Å²) in [4.78, 5) is 17.5. The summed E-state index contributed by atoms with van der Waals surface area (Å²) >= 11 is 0. The van der Waals surface area contributed by atoms with E-state index in [4.69, 9.17) is 9.84 Å². The van der Waals surface area contributed by atoms with E-state index in [9.17, 15) is 4.79 Å². The first-order chi connectivity index (χ1) is 9.21. The van der Waals surface area contributed by atoms with Crippen LogP contribution >= 0.6 is 0 Å². The van der Waals surface area contributed by atoms with E-state index in [1.165, 1.54) is 13.3 Å². The molecule has 1 heterocycles. The number of aromatic nitrogens is 1. The van der Waals surface area contributed by atoms with Gasteiger partial charge in [0.15, 0.2) is 0 Å². The molecular formula is C13H20N2O4. The molecule has 1 rings (SSSR count). The lowest BCUT2D eigenvalue weighted by molar-refractivity contribution is 0.0600. The van der Waals surface area contributed by atoms with Crippen LogP contribution in [0.25, 0.3) is 0 Å². The van der Waals surface area contributed by atoms with Crippen LogP contribution in [0.3, 0.4) is 0 Å². The third-order valence-electron chi connectivity index (χ3n) is 2.66. The van der Waals surface area contributed by atoms with Gasteiger partial charge < -0.3 is 14.6 Å². The molecular weight excluding hydrogens is 248 g/mol. The van der Waals surface area contributed by atoms with Crippen molar-refractivity contribution in [2.45, 2.75) is 6.54 Å². The fraction of sp³-hybridized carbons (Fsp3) is 0.538. The second-order valence-corrected chi connectivity index (χ2v) is 4.02. The minimum atomic E-state index is -0.398.